The molecular weight excluding hydrogens is 194 g/mol. The summed E-state index contributed by atoms with van der Waals surface area (Å²) >= 11 is 0. The predicted molar refractivity (Wildman–Crippen MR) is 56.4 cm³/mol. The van der Waals surface area contributed by atoms with Crippen molar-refractivity contribution in [2.24, 2.45) is 7.05 Å². The number of ether oxygens (including phenoxy) is 1. The second-order valence-corrected chi connectivity index (χ2v) is 4.41. The normalized spacial score (nSPS) is 14.2. The fraction of sp³-hybridized carbons (Fsp3) is 0.800. The van der Waals surface area contributed by atoms with Gasteiger partial charge in [-0.1, -0.05) is 5.21 Å². The summed E-state index contributed by atoms with van der Waals surface area (Å²) < 4.78 is 6.88. The number of methoxy groups -OCH3 is 1. The molecule has 0 fully saturated rings. The van der Waals surface area contributed by atoms with Crippen LogP contribution in [0.25, 0.3) is 0 Å². The molecule has 0 saturated heterocycles. The summed E-state index contributed by atoms with van der Waals surface area (Å²) in [6.07, 6.45) is 2.46. The summed E-state index contributed by atoms with van der Waals surface area (Å²) in [5, 5.41) is 17.6. The first-order valence-corrected chi connectivity index (χ1v) is 5.01. The van der Waals surface area contributed by atoms with Gasteiger partial charge in [0.25, 0.3) is 0 Å². The van der Waals surface area contributed by atoms with Gasteiger partial charge in [0.2, 0.25) is 0 Å². The largest absolute Gasteiger partial charge is 0.393 e. The van der Waals surface area contributed by atoms with Gasteiger partial charge in [-0.2, -0.15) is 0 Å². The fourth-order valence-electron chi connectivity index (χ4n) is 1.45. The highest BCUT2D eigenvalue weighted by Gasteiger charge is 2.22. The van der Waals surface area contributed by atoms with Crippen molar-refractivity contribution in [3.63, 3.8) is 0 Å². The van der Waals surface area contributed by atoms with Crippen LogP contribution in [-0.4, -0.2) is 38.9 Å². The van der Waals surface area contributed by atoms with Crippen molar-refractivity contribution >= 4 is 0 Å². The third-order valence-corrected chi connectivity index (χ3v) is 2.37. The molecule has 1 N–H and O–H groups in total. The molecule has 1 atom stereocenters. The highest BCUT2D eigenvalue weighted by Crippen LogP contribution is 2.17. The molecule has 0 aliphatic heterocycles. The number of hydrogen-bond acceptors (Lipinski definition) is 4. The number of aromatic nitrogens is 3. The Labute approximate surface area is 90.1 Å². The van der Waals surface area contributed by atoms with Gasteiger partial charge in [-0.15, -0.1) is 5.10 Å². The van der Waals surface area contributed by atoms with E-state index >= 15 is 0 Å². The Bertz CT molecular complexity index is 309. The van der Waals surface area contributed by atoms with Crippen molar-refractivity contribution in [1.29, 1.82) is 0 Å². The average Bonchev–Trinajstić information content (AvgIpc) is 2.50. The van der Waals surface area contributed by atoms with Gasteiger partial charge in [0.15, 0.2) is 0 Å². The van der Waals surface area contributed by atoms with E-state index in [1.165, 1.54) is 0 Å². The van der Waals surface area contributed by atoms with Crippen molar-refractivity contribution in [3.05, 3.63) is 11.9 Å². The van der Waals surface area contributed by atoms with Crippen LogP contribution in [0.1, 0.15) is 26.0 Å². The van der Waals surface area contributed by atoms with E-state index in [4.69, 9.17) is 4.74 Å². The maximum Gasteiger partial charge on any atom is 0.0852 e. The van der Waals surface area contributed by atoms with Crippen molar-refractivity contribution in [2.45, 2.75) is 38.4 Å². The Morgan fingerprint density at radius 3 is 2.73 bits per heavy atom. The number of aliphatic hydroxyl groups is 1. The lowest BCUT2D eigenvalue weighted by molar-refractivity contribution is -0.0192. The maximum atomic E-state index is 9.82. The zero-order valence-corrected chi connectivity index (χ0v) is 9.77. The van der Waals surface area contributed by atoms with Gasteiger partial charge in [0, 0.05) is 33.2 Å². The lowest BCUT2D eigenvalue weighted by Crippen LogP contribution is -2.29. The molecule has 0 aromatic carbocycles. The third kappa shape index (κ3) is 3.97. The highest BCUT2D eigenvalue weighted by atomic mass is 16.5. The van der Waals surface area contributed by atoms with Crippen LogP contribution in [0.5, 0.6) is 0 Å². The lowest BCUT2D eigenvalue weighted by atomic mass is 9.98. The van der Waals surface area contributed by atoms with E-state index in [1.807, 2.05) is 27.1 Å². The molecule has 0 aliphatic rings. The van der Waals surface area contributed by atoms with Crippen molar-refractivity contribution in [3.8, 4) is 0 Å². The van der Waals surface area contributed by atoms with Crippen molar-refractivity contribution in [2.75, 3.05) is 7.11 Å². The molecule has 0 saturated carbocycles. The van der Waals surface area contributed by atoms with Crippen LogP contribution in [0, 0.1) is 0 Å². The quantitative estimate of drug-likeness (QED) is 0.775. The number of hydrogen-bond donors (Lipinski definition) is 1. The Kier molecular flexibility index (Phi) is 3.82. The monoisotopic (exact) mass is 213 g/mol. The van der Waals surface area contributed by atoms with Crippen molar-refractivity contribution in [1.82, 2.24) is 15.0 Å². The molecule has 1 unspecified atom stereocenters. The number of nitrogens with zero attached hydrogens (tertiary/aromatic N) is 3. The van der Waals surface area contributed by atoms with Gasteiger partial charge in [-0.25, -0.2) is 0 Å². The molecule has 86 valence electrons. The first kappa shape index (κ1) is 12.1. The fourth-order valence-corrected chi connectivity index (χ4v) is 1.45. The second kappa shape index (κ2) is 4.72. The van der Waals surface area contributed by atoms with E-state index in [0.29, 0.717) is 12.8 Å². The molecule has 1 rings (SSSR count). The van der Waals surface area contributed by atoms with E-state index in [2.05, 4.69) is 10.3 Å². The average molecular weight is 213 g/mol. The molecule has 0 spiro atoms. The standard InChI is InChI=1S/C10H19N3O2/c1-10(2,15-4)6-9(14)5-8-7-13(3)12-11-8/h7,9,14H,5-6H2,1-4H3. The molecule has 5 heteroatoms. The minimum absolute atomic E-state index is 0.304. The van der Waals surface area contributed by atoms with E-state index in [-0.39, 0.29) is 5.60 Å². The SMILES string of the molecule is COC(C)(C)CC(O)Cc1cn(C)nn1. The lowest BCUT2D eigenvalue weighted by Gasteiger charge is -2.25. The predicted octanol–water partition coefficient (Wildman–Crippen LogP) is 0.534. The summed E-state index contributed by atoms with van der Waals surface area (Å²) in [5.74, 6) is 0. The Balaban J connectivity index is 2.46. The smallest absolute Gasteiger partial charge is 0.0852 e. The molecule has 0 radical (unpaired) electrons. The molecular formula is C10H19N3O2. The zero-order chi connectivity index (χ0) is 11.5. The summed E-state index contributed by atoms with van der Waals surface area (Å²) in [6.45, 7) is 3.90. The van der Waals surface area contributed by atoms with Crippen LogP contribution in [0.15, 0.2) is 6.20 Å². The summed E-state index contributed by atoms with van der Waals surface area (Å²) in [6, 6.07) is 0. The molecule has 0 bridgehead atoms. The highest BCUT2D eigenvalue weighted by molar-refractivity contribution is 4.95. The minimum atomic E-state index is -0.448. The van der Waals surface area contributed by atoms with Crippen LogP contribution < -0.4 is 0 Å². The van der Waals surface area contributed by atoms with Crippen molar-refractivity contribution < 1.29 is 9.84 Å². The van der Waals surface area contributed by atoms with Gasteiger partial charge in [-0.05, 0) is 13.8 Å². The van der Waals surface area contributed by atoms with E-state index in [1.54, 1.807) is 11.8 Å². The third-order valence-electron chi connectivity index (χ3n) is 2.37. The van der Waals surface area contributed by atoms with E-state index < -0.39 is 6.10 Å². The van der Waals surface area contributed by atoms with Gasteiger partial charge < -0.3 is 9.84 Å². The first-order valence-electron chi connectivity index (χ1n) is 5.01. The molecule has 0 amide bonds. The number of rotatable bonds is 5. The van der Waals surface area contributed by atoms with Crippen LogP contribution in [-0.2, 0) is 18.2 Å². The van der Waals surface area contributed by atoms with Crippen LogP contribution in [0.2, 0.25) is 0 Å². The molecule has 15 heavy (non-hydrogen) atoms. The molecule has 5 nitrogen and oxygen atoms in total. The maximum absolute atomic E-state index is 9.82. The molecule has 1 heterocycles. The van der Waals surface area contributed by atoms with Gasteiger partial charge in [0.05, 0.1) is 17.4 Å². The van der Waals surface area contributed by atoms with Crippen LogP contribution >= 0.6 is 0 Å². The van der Waals surface area contributed by atoms with E-state index in [0.717, 1.165) is 5.69 Å². The first-order chi connectivity index (χ1) is 6.93. The van der Waals surface area contributed by atoms with Gasteiger partial charge >= 0.3 is 0 Å². The summed E-state index contributed by atoms with van der Waals surface area (Å²) in [7, 11) is 3.46. The number of aliphatic hydroxyl groups excluding tert-OH is 1. The zero-order valence-electron chi connectivity index (χ0n) is 9.77. The molecule has 0 aliphatic carbocycles. The van der Waals surface area contributed by atoms with Crippen LogP contribution in [0.3, 0.4) is 0 Å². The van der Waals surface area contributed by atoms with Gasteiger partial charge in [-0.3, -0.25) is 4.68 Å². The Morgan fingerprint density at radius 2 is 2.27 bits per heavy atom. The summed E-state index contributed by atoms with van der Waals surface area (Å²) in [4.78, 5) is 0. The van der Waals surface area contributed by atoms with Crippen LogP contribution in [0.4, 0.5) is 0 Å². The van der Waals surface area contributed by atoms with Gasteiger partial charge in [0.1, 0.15) is 0 Å². The Morgan fingerprint density at radius 1 is 1.60 bits per heavy atom. The topological polar surface area (TPSA) is 60.2 Å². The Hall–Kier alpha value is -0.940. The molecule has 1 aromatic rings. The summed E-state index contributed by atoms with van der Waals surface area (Å²) in [5.41, 5.74) is 0.499. The molecule has 1 aromatic heterocycles. The minimum Gasteiger partial charge on any atom is -0.393 e. The van der Waals surface area contributed by atoms with E-state index in [9.17, 15) is 5.11 Å². The number of aryl methyl sites for hydroxylation is 1. The second-order valence-electron chi connectivity index (χ2n) is 4.41.